The Kier molecular flexibility index (Phi) is 5.69. The molecule has 1 aliphatic heterocycles. The van der Waals surface area contributed by atoms with E-state index in [9.17, 15) is 26.4 Å². The summed E-state index contributed by atoms with van der Waals surface area (Å²) in [5, 5.41) is 3.45. The van der Waals surface area contributed by atoms with Crippen molar-refractivity contribution in [2.75, 3.05) is 26.2 Å². The molecule has 2 heterocycles. The SMILES string of the molecule is O=C(Cn1ccc(C(F)(F)F)n1)N1CCN(S(=O)(=O)c2ccccc2Cl)CC1. The lowest BCUT2D eigenvalue weighted by Crippen LogP contribution is -2.51. The van der Waals surface area contributed by atoms with Gasteiger partial charge in [-0.05, 0) is 18.2 Å². The summed E-state index contributed by atoms with van der Waals surface area (Å²) in [6.07, 6.45) is -3.49. The van der Waals surface area contributed by atoms with Gasteiger partial charge in [-0.3, -0.25) is 9.48 Å². The van der Waals surface area contributed by atoms with Crippen LogP contribution in [-0.4, -0.2) is 59.5 Å². The zero-order valence-electron chi connectivity index (χ0n) is 14.4. The van der Waals surface area contributed by atoms with E-state index in [1.54, 1.807) is 12.1 Å². The molecule has 7 nitrogen and oxygen atoms in total. The first kappa shape index (κ1) is 20.6. The van der Waals surface area contributed by atoms with Crippen LogP contribution in [0.2, 0.25) is 5.02 Å². The number of hydrogen-bond donors (Lipinski definition) is 0. The zero-order valence-corrected chi connectivity index (χ0v) is 16.0. The van der Waals surface area contributed by atoms with Crippen molar-refractivity contribution < 1.29 is 26.4 Å². The lowest BCUT2D eigenvalue weighted by molar-refractivity contribution is -0.142. The van der Waals surface area contributed by atoms with Crippen molar-refractivity contribution >= 4 is 27.5 Å². The van der Waals surface area contributed by atoms with Crippen molar-refractivity contribution in [1.82, 2.24) is 19.0 Å². The number of carbonyl (C=O) groups is 1. The highest BCUT2D eigenvalue weighted by Crippen LogP contribution is 2.27. The molecule has 12 heteroatoms. The summed E-state index contributed by atoms with van der Waals surface area (Å²) >= 11 is 5.97. The lowest BCUT2D eigenvalue weighted by atomic mass is 10.3. The second kappa shape index (κ2) is 7.72. The fourth-order valence-corrected chi connectivity index (χ4v) is 4.73. The fraction of sp³-hybridized carbons (Fsp3) is 0.375. The number of piperazine rings is 1. The average molecular weight is 437 g/mol. The summed E-state index contributed by atoms with van der Waals surface area (Å²) in [5.41, 5.74) is -1.07. The van der Waals surface area contributed by atoms with Crippen molar-refractivity contribution in [1.29, 1.82) is 0 Å². The van der Waals surface area contributed by atoms with Crippen LogP contribution < -0.4 is 0 Å². The van der Waals surface area contributed by atoms with E-state index < -0.39 is 27.8 Å². The minimum Gasteiger partial charge on any atom is -0.338 e. The van der Waals surface area contributed by atoms with Crippen LogP contribution in [0, 0.1) is 0 Å². The van der Waals surface area contributed by atoms with E-state index >= 15 is 0 Å². The van der Waals surface area contributed by atoms with Crippen LogP contribution in [0.1, 0.15) is 5.69 Å². The highest BCUT2D eigenvalue weighted by atomic mass is 35.5. The third kappa shape index (κ3) is 4.31. The maximum absolute atomic E-state index is 12.7. The molecular weight excluding hydrogens is 421 g/mol. The highest BCUT2D eigenvalue weighted by molar-refractivity contribution is 7.89. The molecule has 1 saturated heterocycles. The molecule has 1 aromatic carbocycles. The number of sulfonamides is 1. The van der Waals surface area contributed by atoms with Crippen LogP contribution >= 0.6 is 11.6 Å². The van der Waals surface area contributed by atoms with Crippen LogP contribution in [0.5, 0.6) is 0 Å². The van der Waals surface area contributed by atoms with Gasteiger partial charge in [-0.1, -0.05) is 23.7 Å². The number of hydrogen-bond acceptors (Lipinski definition) is 4. The molecule has 0 aliphatic carbocycles. The number of benzene rings is 1. The summed E-state index contributed by atoms with van der Waals surface area (Å²) in [7, 11) is -3.79. The number of alkyl halides is 3. The lowest BCUT2D eigenvalue weighted by Gasteiger charge is -2.34. The van der Waals surface area contributed by atoms with E-state index in [-0.39, 0.29) is 42.6 Å². The Morgan fingerprint density at radius 3 is 2.32 bits per heavy atom. The van der Waals surface area contributed by atoms with Crippen LogP contribution in [0.15, 0.2) is 41.4 Å². The van der Waals surface area contributed by atoms with Crippen LogP contribution in [0.3, 0.4) is 0 Å². The van der Waals surface area contributed by atoms with E-state index in [2.05, 4.69) is 5.10 Å². The third-order valence-corrected chi connectivity index (χ3v) is 6.67. The topological polar surface area (TPSA) is 75.5 Å². The van der Waals surface area contributed by atoms with Gasteiger partial charge in [0.2, 0.25) is 15.9 Å². The van der Waals surface area contributed by atoms with Crippen LogP contribution in [-0.2, 0) is 27.5 Å². The first-order valence-corrected chi connectivity index (χ1v) is 10.0. The van der Waals surface area contributed by atoms with E-state index in [4.69, 9.17) is 11.6 Å². The molecule has 0 saturated carbocycles. The van der Waals surface area contributed by atoms with Gasteiger partial charge in [-0.2, -0.15) is 22.6 Å². The largest absolute Gasteiger partial charge is 0.435 e. The number of amides is 1. The molecule has 0 N–H and O–H groups in total. The number of carbonyl (C=O) groups excluding carboxylic acids is 1. The number of halogens is 4. The summed E-state index contributed by atoms with van der Waals surface area (Å²) < 4.78 is 65.2. The number of rotatable bonds is 4. The zero-order chi connectivity index (χ0) is 20.5. The molecule has 1 aliphatic rings. The van der Waals surface area contributed by atoms with E-state index in [1.165, 1.54) is 21.3 Å². The quantitative estimate of drug-likeness (QED) is 0.735. The molecule has 3 rings (SSSR count). The van der Waals surface area contributed by atoms with E-state index in [0.717, 1.165) is 16.9 Å². The van der Waals surface area contributed by atoms with E-state index in [1.807, 2.05) is 0 Å². The molecule has 0 unspecified atom stereocenters. The Balaban J connectivity index is 1.61. The predicted molar refractivity (Wildman–Crippen MR) is 94.0 cm³/mol. The smallest absolute Gasteiger partial charge is 0.338 e. The van der Waals surface area contributed by atoms with Gasteiger partial charge < -0.3 is 4.90 Å². The molecule has 0 atom stereocenters. The van der Waals surface area contributed by atoms with Crippen molar-refractivity contribution in [3.8, 4) is 0 Å². The first-order chi connectivity index (χ1) is 13.1. The highest BCUT2D eigenvalue weighted by Gasteiger charge is 2.34. The van der Waals surface area contributed by atoms with Gasteiger partial charge in [0.1, 0.15) is 11.4 Å². The number of nitrogens with zero attached hydrogens (tertiary/aromatic N) is 4. The predicted octanol–water partition coefficient (Wildman–Crippen LogP) is 2.09. The maximum atomic E-state index is 12.7. The normalized spacial score (nSPS) is 16.4. The van der Waals surface area contributed by atoms with Gasteiger partial charge in [-0.15, -0.1) is 0 Å². The molecule has 28 heavy (non-hydrogen) atoms. The molecule has 0 bridgehead atoms. The summed E-state index contributed by atoms with van der Waals surface area (Å²) in [4.78, 5) is 13.7. The van der Waals surface area contributed by atoms with Gasteiger partial charge in [-0.25, -0.2) is 8.42 Å². The van der Waals surface area contributed by atoms with Crippen LogP contribution in [0.4, 0.5) is 13.2 Å². The maximum Gasteiger partial charge on any atom is 0.435 e. The fourth-order valence-electron chi connectivity index (χ4n) is 2.81. The Hall–Kier alpha value is -2.11. The number of aromatic nitrogens is 2. The van der Waals surface area contributed by atoms with Crippen molar-refractivity contribution in [3.05, 3.63) is 47.2 Å². The van der Waals surface area contributed by atoms with Gasteiger partial charge in [0.25, 0.3) is 0 Å². The second-order valence-electron chi connectivity index (χ2n) is 6.11. The van der Waals surface area contributed by atoms with Gasteiger partial charge >= 0.3 is 6.18 Å². The Labute approximate surface area is 164 Å². The van der Waals surface area contributed by atoms with E-state index in [0.29, 0.717) is 0 Å². The minimum atomic E-state index is -4.58. The van der Waals surface area contributed by atoms with Gasteiger partial charge in [0.15, 0.2) is 5.69 Å². The molecule has 152 valence electrons. The van der Waals surface area contributed by atoms with Gasteiger partial charge in [0, 0.05) is 32.4 Å². The molecule has 1 amide bonds. The molecule has 1 fully saturated rings. The van der Waals surface area contributed by atoms with Crippen LogP contribution in [0.25, 0.3) is 0 Å². The third-order valence-electron chi connectivity index (χ3n) is 4.27. The van der Waals surface area contributed by atoms with Crippen molar-refractivity contribution in [3.63, 3.8) is 0 Å². The summed E-state index contributed by atoms with van der Waals surface area (Å²) in [6, 6.07) is 6.87. The molecule has 0 radical (unpaired) electrons. The minimum absolute atomic E-state index is 0.00679. The van der Waals surface area contributed by atoms with Crippen molar-refractivity contribution in [2.24, 2.45) is 0 Å². The average Bonchev–Trinajstić information content (AvgIpc) is 3.11. The molecular formula is C16H16ClF3N4O3S. The van der Waals surface area contributed by atoms with Gasteiger partial charge in [0.05, 0.1) is 5.02 Å². The summed E-state index contributed by atoms with van der Waals surface area (Å²) in [6.45, 7) is 0.0115. The molecule has 0 spiro atoms. The molecule has 2 aromatic rings. The first-order valence-electron chi connectivity index (χ1n) is 8.22. The Morgan fingerprint density at radius 2 is 1.75 bits per heavy atom. The Morgan fingerprint density at radius 1 is 1.11 bits per heavy atom. The molecule has 1 aromatic heterocycles. The Bertz CT molecular complexity index is 970. The summed E-state index contributed by atoms with van der Waals surface area (Å²) in [5.74, 6) is -0.438. The standard InChI is InChI=1S/C16H16ClF3N4O3S/c17-12-3-1-2-4-13(12)28(26,27)24-9-7-22(8-10-24)15(25)11-23-6-5-14(21-23)16(18,19)20/h1-6H,7-11H2. The van der Waals surface area contributed by atoms with Crippen molar-refractivity contribution in [2.45, 2.75) is 17.6 Å². The monoisotopic (exact) mass is 436 g/mol. The second-order valence-corrected chi connectivity index (χ2v) is 8.43.